The number of amides is 1. The largest absolute Gasteiger partial charge is 0.478 e. The van der Waals surface area contributed by atoms with Crippen molar-refractivity contribution in [3.05, 3.63) is 23.7 Å². The summed E-state index contributed by atoms with van der Waals surface area (Å²) in [6.07, 6.45) is 5.63. The van der Waals surface area contributed by atoms with Gasteiger partial charge in [-0.15, -0.1) is 0 Å². The van der Waals surface area contributed by atoms with Gasteiger partial charge in [-0.05, 0) is 24.7 Å². The van der Waals surface area contributed by atoms with Crippen molar-refractivity contribution in [3.8, 4) is 0 Å². The second kappa shape index (κ2) is 4.84. The molecule has 0 aromatic carbocycles. The highest BCUT2D eigenvalue weighted by molar-refractivity contribution is 5.95. The minimum atomic E-state index is -1.10. The fourth-order valence-electron chi connectivity index (χ4n) is 2.25. The lowest BCUT2D eigenvalue weighted by atomic mass is 9.67. The van der Waals surface area contributed by atoms with Crippen molar-refractivity contribution in [3.63, 3.8) is 0 Å². The van der Waals surface area contributed by atoms with Gasteiger partial charge in [-0.1, -0.05) is 13.3 Å². The lowest BCUT2D eigenvalue weighted by Crippen LogP contribution is -2.41. The topological polar surface area (TPSA) is 79.5 Å². The molecule has 1 fully saturated rings. The number of carbonyl (C=O) groups excluding carboxylic acids is 1. The highest BCUT2D eigenvalue weighted by Crippen LogP contribution is 2.43. The molecule has 0 atom stereocenters. The van der Waals surface area contributed by atoms with Crippen molar-refractivity contribution in [2.24, 2.45) is 5.41 Å². The number of nitrogens with one attached hydrogen (secondary N) is 1. The van der Waals surface area contributed by atoms with Crippen molar-refractivity contribution in [1.29, 1.82) is 0 Å². The van der Waals surface area contributed by atoms with Crippen LogP contribution in [0.5, 0.6) is 0 Å². The molecular weight excluding hydrogens is 234 g/mol. The maximum atomic E-state index is 11.8. The first-order chi connectivity index (χ1) is 8.56. The van der Waals surface area contributed by atoms with Gasteiger partial charge >= 0.3 is 5.97 Å². The third-order valence-electron chi connectivity index (χ3n) is 3.86. The molecule has 1 aromatic rings. The van der Waals surface area contributed by atoms with Gasteiger partial charge < -0.3 is 14.8 Å². The van der Waals surface area contributed by atoms with Crippen molar-refractivity contribution in [2.75, 3.05) is 6.54 Å². The molecule has 0 bridgehead atoms. The van der Waals surface area contributed by atoms with Crippen LogP contribution in [-0.4, -0.2) is 23.5 Å². The van der Waals surface area contributed by atoms with Gasteiger partial charge in [-0.3, -0.25) is 4.79 Å². The van der Waals surface area contributed by atoms with Crippen molar-refractivity contribution in [1.82, 2.24) is 5.32 Å². The Morgan fingerprint density at radius 1 is 1.50 bits per heavy atom. The number of hydrogen-bond acceptors (Lipinski definition) is 3. The summed E-state index contributed by atoms with van der Waals surface area (Å²) >= 11 is 0. The summed E-state index contributed by atoms with van der Waals surface area (Å²) < 4.78 is 4.95. The van der Waals surface area contributed by atoms with E-state index in [2.05, 4.69) is 12.2 Å². The third-order valence-corrected chi connectivity index (χ3v) is 3.86. The molecule has 1 aliphatic carbocycles. The average molecular weight is 251 g/mol. The second-order valence-corrected chi connectivity index (χ2v) is 4.89. The fourth-order valence-corrected chi connectivity index (χ4v) is 2.25. The third kappa shape index (κ3) is 2.39. The van der Waals surface area contributed by atoms with Crippen molar-refractivity contribution < 1.29 is 19.1 Å². The number of rotatable bonds is 5. The first kappa shape index (κ1) is 12.7. The van der Waals surface area contributed by atoms with Crippen LogP contribution in [0.1, 0.15) is 53.5 Å². The van der Waals surface area contributed by atoms with Crippen LogP contribution < -0.4 is 5.32 Å². The van der Waals surface area contributed by atoms with Gasteiger partial charge in [0.15, 0.2) is 5.76 Å². The lowest BCUT2D eigenvalue weighted by Gasteiger charge is -2.41. The molecule has 1 heterocycles. The minimum absolute atomic E-state index is 0.00556. The van der Waals surface area contributed by atoms with Crippen LogP contribution >= 0.6 is 0 Å². The van der Waals surface area contributed by atoms with Crippen LogP contribution in [0.25, 0.3) is 0 Å². The molecular formula is C13H17NO4. The van der Waals surface area contributed by atoms with Crippen LogP contribution in [0.4, 0.5) is 0 Å². The van der Waals surface area contributed by atoms with E-state index in [4.69, 9.17) is 9.52 Å². The summed E-state index contributed by atoms with van der Waals surface area (Å²) in [5.41, 5.74) is 0.228. The molecule has 18 heavy (non-hydrogen) atoms. The monoisotopic (exact) mass is 251 g/mol. The second-order valence-electron chi connectivity index (χ2n) is 4.89. The van der Waals surface area contributed by atoms with Crippen molar-refractivity contribution >= 4 is 11.9 Å². The fraction of sp³-hybridized carbons (Fsp3) is 0.538. The van der Waals surface area contributed by atoms with E-state index >= 15 is 0 Å². The highest BCUT2D eigenvalue weighted by Gasteiger charge is 2.35. The number of carboxylic acids is 1. The molecule has 2 rings (SSSR count). The number of hydrogen-bond donors (Lipinski definition) is 2. The van der Waals surface area contributed by atoms with E-state index in [1.165, 1.54) is 12.5 Å². The molecule has 0 spiro atoms. The standard InChI is InChI=1S/C13H17NO4/c1-2-13(4-3-5-13)8-14-11(15)10-6-9(7-18-10)12(16)17/h6-7H,2-5,8H2,1H3,(H,14,15)(H,16,17). The van der Waals surface area contributed by atoms with Gasteiger partial charge in [0.25, 0.3) is 5.91 Å². The molecule has 1 aromatic heterocycles. The van der Waals surface area contributed by atoms with E-state index in [1.54, 1.807) is 0 Å². The molecule has 1 aliphatic rings. The number of carbonyl (C=O) groups is 2. The molecule has 0 radical (unpaired) electrons. The summed E-state index contributed by atoms with van der Waals surface area (Å²) in [7, 11) is 0. The van der Waals surface area contributed by atoms with E-state index in [0.717, 1.165) is 25.5 Å². The summed E-state index contributed by atoms with van der Waals surface area (Å²) in [5.74, 6) is -1.39. The predicted octanol–water partition coefficient (Wildman–Crippen LogP) is 2.29. The molecule has 0 unspecified atom stereocenters. The molecule has 5 heteroatoms. The molecule has 5 nitrogen and oxygen atoms in total. The number of furan rings is 1. The first-order valence-electron chi connectivity index (χ1n) is 6.16. The van der Waals surface area contributed by atoms with E-state index in [1.807, 2.05) is 0 Å². The summed E-state index contributed by atoms with van der Waals surface area (Å²) in [6.45, 7) is 2.76. The van der Waals surface area contributed by atoms with Gasteiger partial charge in [-0.2, -0.15) is 0 Å². The Morgan fingerprint density at radius 3 is 2.67 bits per heavy atom. The molecule has 2 N–H and O–H groups in total. The Morgan fingerprint density at radius 2 is 2.22 bits per heavy atom. The highest BCUT2D eigenvalue weighted by atomic mass is 16.4. The Kier molecular flexibility index (Phi) is 3.41. The predicted molar refractivity (Wildman–Crippen MR) is 64.6 cm³/mol. The average Bonchev–Trinajstić information content (AvgIpc) is 2.77. The Labute approximate surface area is 105 Å². The molecule has 0 aliphatic heterocycles. The zero-order valence-electron chi connectivity index (χ0n) is 10.4. The Bertz CT molecular complexity index is 454. The van der Waals surface area contributed by atoms with Gasteiger partial charge in [0, 0.05) is 12.6 Å². The lowest BCUT2D eigenvalue weighted by molar-refractivity contribution is 0.0695. The first-order valence-corrected chi connectivity index (χ1v) is 6.16. The van der Waals surface area contributed by atoms with Crippen molar-refractivity contribution in [2.45, 2.75) is 32.6 Å². The quantitative estimate of drug-likeness (QED) is 0.841. The molecule has 1 amide bonds. The summed E-state index contributed by atoms with van der Waals surface area (Å²) in [5, 5.41) is 11.6. The van der Waals surface area contributed by atoms with E-state index < -0.39 is 5.97 Å². The number of aromatic carboxylic acids is 1. The van der Waals surface area contributed by atoms with Crippen LogP contribution in [0.2, 0.25) is 0 Å². The zero-order valence-corrected chi connectivity index (χ0v) is 10.4. The van der Waals surface area contributed by atoms with Gasteiger partial charge in [0.1, 0.15) is 6.26 Å². The van der Waals surface area contributed by atoms with Crippen LogP contribution in [0.15, 0.2) is 16.7 Å². The zero-order chi connectivity index (χ0) is 13.2. The van der Waals surface area contributed by atoms with E-state index in [-0.39, 0.29) is 22.6 Å². The Hall–Kier alpha value is -1.78. The molecule has 98 valence electrons. The van der Waals surface area contributed by atoms with Gasteiger partial charge in [0.05, 0.1) is 5.56 Å². The smallest absolute Gasteiger partial charge is 0.338 e. The Balaban J connectivity index is 1.93. The molecule has 0 saturated heterocycles. The summed E-state index contributed by atoms with van der Waals surface area (Å²) in [6, 6.07) is 1.25. The SMILES string of the molecule is CCC1(CNC(=O)c2cc(C(=O)O)co2)CCC1. The maximum absolute atomic E-state index is 11.8. The summed E-state index contributed by atoms with van der Waals surface area (Å²) in [4.78, 5) is 22.4. The molecule has 1 saturated carbocycles. The van der Waals surface area contributed by atoms with Crippen LogP contribution in [0, 0.1) is 5.41 Å². The minimum Gasteiger partial charge on any atom is -0.478 e. The van der Waals surface area contributed by atoms with E-state index in [0.29, 0.717) is 6.54 Å². The normalized spacial score (nSPS) is 16.9. The van der Waals surface area contributed by atoms with E-state index in [9.17, 15) is 9.59 Å². The van der Waals surface area contributed by atoms with Crippen LogP contribution in [-0.2, 0) is 0 Å². The maximum Gasteiger partial charge on any atom is 0.338 e. The van der Waals surface area contributed by atoms with Crippen LogP contribution in [0.3, 0.4) is 0 Å². The van der Waals surface area contributed by atoms with Gasteiger partial charge in [0.2, 0.25) is 0 Å². The number of carboxylic acid groups (broad SMARTS) is 1. The van der Waals surface area contributed by atoms with Gasteiger partial charge in [-0.25, -0.2) is 4.79 Å².